The van der Waals surface area contributed by atoms with Crippen LogP contribution in [-0.4, -0.2) is 11.2 Å². The molecule has 0 fully saturated rings. The molecule has 0 radical (unpaired) electrons. The van der Waals surface area contributed by atoms with Gasteiger partial charge >= 0.3 is 0 Å². The molecule has 1 aliphatic carbocycles. The summed E-state index contributed by atoms with van der Waals surface area (Å²) in [6.07, 6.45) is 6.40. The van der Waals surface area contributed by atoms with E-state index in [2.05, 4.69) is 33.8 Å². The van der Waals surface area contributed by atoms with E-state index in [1.807, 2.05) is 0 Å². The third-order valence-electron chi connectivity index (χ3n) is 3.92. The van der Waals surface area contributed by atoms with E-state index in [9.17, 15) is 5.11 Å². The van der Waals surface area contributed by atoms with Crippen LogP contribution in [0.4, 0.5) is 0 Å². The molecule has 0 amide bonds. The molecule has 1 nitrogen and oxygen atoms in total. The van der Waals surface area contributed by atoms with Crippen molar-refractivity contribution in [3.63, 3.8) is 0 Å². The average Bonchev–Trinajstić information content (AvgIpc) is 2.32. The first-order valence-corrected chi connectivity index (χ1v) is 5.83. The summed E-state index contributed by atoms with van der Waals surface area (Å²) in [6.45, 7) is 8.95. The molecule has 1 heteroatoms. The fourth-order valence-electron chi connectivity index (χ4n) is 2.37. The molecular weight excluding hydrogens is 172 g/mol. The second kappa shape index (κ2) is 4.48. The summed E-state index contributed by atoms with van der Waals surface area (Å²) in [4.78, 5) is 0. The van der Waals surface area contributed by atoms with E-state index in [1.54, 1.807) is 0 Å². The second-order valence-corrected chi connectivity index (χ2v) is 5.22. The third-order valence-corrected chi connectivity index (χ3v) is 3.92. The number of allylic oxidation sites excluding steroid dienone is 2. The molecule has 0 spiro atoms. The monoisotopic (exact) mass is 196 g/mol. The normalized spacial score (nSPS) is 27.5. The van der Waals surface area contributed by atoms with Gasteiger partial charge in [0.25, 0.3) is 0 Å². The van der Waals surface area contributed by atoms with Crippen LogP contribution < -0.4 is 0 Å². The Kier molecular flexibility index (Phi) is 3.77. The summed E-state index contributed by atoms with van der Waals surface area (Å²) in [5.41, 5.74) is 1.79. The maximum Gasteiger partial charge on any atom is 0.0543 e. The first-order chi connectivity index (χ1) is 6.48. The number of aliphatic hydroxyl groups excluding tert-OH is 1. The van der Waals surface area contributed by atoms with Crippen LogP contribution in [0.15, 0.2) is 11.6 Å². The molecule has 1 aliphatic rings. The van der Waals surface area contributed by atoms with Crippen molar-refractivity contribution in [2.75, 3.05) is 0 Å². The summed E-state index contributed by atoms with van der Waals surface area (Å²) in [5.74, 6) is 0.643. The van der Waals surface area contributed by atoms with E-state index in [-0.39, 0.29) is 6.10 Å². The fraction of sp³-hybridized carbons (Fsp3) is 0.846. The first-order valence-electron chi connectivity index (χ1n) is 5.83. The Bertz CT molecular complexity index is 215. The number of rotatable bonds is 4. The van der Waals surface area contributed by atoms with Gasteiger partial charge in [0.05, 0.1) is 6.10 Å². The van der Waals surface area contributed by atoms with Crippen LogP contribution in [0.5, 0.6) is 0 Å². The van der Waals surface area contributed by atoms with Gasteiger partial charge in [0.2, 0.25) is 0 Å². The first kappa shape index (κ1) is 11.8. The van der Waals surface area contributed by atoms with Crippen LogP contribution in [0.25, 0.3) is 0 Å². The van der Waals surface area contributed by atoms with Crippen molar-refractivity contribution in [3.8, 4) is 0 Å². The molecule has 0 bridgehead atoms. The van der Waals surface area contributed by atoms with Crippen LogP contribution in [0.1, 0.15) is 53.4 Å². The van der Waals surface area contributed by atoms with E-state index >= 15 is 0 Å². The van der Waals surface area contributed by atoms with Crippen LogP contribution in [0, 0.1) is 11.3 Å². The summed E-state index contributed by atoms with van der Waals surface area (Å²) < 4.78 is 0. The smallest absolute Gasteiger partial charge is 0.0543 e. The minimum absolute atomic E-state index is 0.0939. The highest BCUT2D eigenvalue weighted by atomic mass is 16.3. The zero-order valence-corrected chi connectivity index (χ0v) is 10.0. The molecule has 1 unspecified atom stereocenters. The molecule has 0 saturated carbocycles. The predicted molar refractivity (Wildman–Crippen MR) is 61.2 cm³/mol. The van der Waals surface area contributed by atoms with Gasteiger partial charge in [-0.1, -0.05) is 38.8 Å². The van der Waals surface area contributed by atoms with E-state index in [0.717, 1.165) is 25.7 Å². The standard InChI is InChI=1S/C13H24O/c1-5-6-12(14)9-11-8-7-10(2)13(11,3)4/h7,11-12,14H,5-6,8-9H2,1-4H3/t11?,12-/m0/s1. The molecule has 1 N–H and O–H groups in total. The van der Waals surface area contributed by atoms with E-state index in [4.69, 9.17) is 0 Å². The Morgan fingerprint density at radius 1 is 1.57 bits per heavy atom. The molecule has 2 atom stereocenters. The van der Waals surface area contributed by atoms with Gasteiger partial charge < -0.3 is 5.11 Å². The summed E-state index contributed by atoms with van der Waals surface area (Å²) in [5, 5.41) is 9.80. The minimum atomic E-state index is -0.0939. The Hall–Kier alpha value is -0.300. The quantitative estimate of drug-likeness (QED) is 0.682. The highest BCUT2D eigenvalue weighted by molar-refractivity contribution is 5.18. The third kappa shape index (κ3) is 2.38. The van der Waals surface area contributed by atoms with E-state index < -0.39 is 0 Å². The maximum absolute atomic E-state index is 9.80. The van der Waals surface area contributed by atoms with Gasteiger partial charge in [-0.2, -0.15) is 0 Å². The van der Waals surface area contributed by atoms with Gasteiger partial charge in [0.1, 0.15) is 0 Å². The van der Waals surface area contributed by atoms with Crippen molar-refractivity contribution in [1.82, 2.24) is 0 Å². The van der Waals surface area contributed by atoms with Gasteiger partial charge in [-0.25, -0.2) is 0 Å². The number of hydrogen-bond donors (Lipinski definition) is 1. The van der Waals surface area contributed by atoms with Crippen molar-refractivity contribution in [1.29, 1.82) is 0 Å². The molecular formula is C13H24O. The molecule has 1 rings (SSSR count). The van der Waals surface area contributed by atoms with Gasteiger partial charge in [0.15, 0.2) is 0 Å². The average molecular weight is 196 g/mol. The topological polar surface area (TPSA) is 20.2 Å². The van der Waals surface area contributed by atoms with Crippen LogP contribution >= 0.6 is 0 Å². The summed E-state index contributed by atoms with van der Waals surface area (Å²) >= 11 is 0. The highest BCUT2D eigenvalue weighted by Gasteiger charge is 2.35. The van der Waals surface area contributed by atoms with Gasteiger partial charge in [0, 0.05) is 0 Å². The molecule has 0 aromatic heterocycles. The van der Waals surface area contributed by atoms with Crippen molar-refractivity contribution < 1.29 is 5.11 Å². The zero-order chi connectivity index (χ0) is 10.8. The highest BCUT2D eigenvalue weighted by Crippen LogP contribution is 2.45. The molecule has 14 heavy (non-hydrogen) atoms. The zero-order valence-electron chi connectivity index (χ0n) is 10.0. The van der Waals surface area contributed by atoms with E-state index in [1.165, 1.54) is 5.57 Å². The van der Waals surface area contributed by atoms with E-state index in [0.29, 0.717) is 11.3 Å². The van der Waals surface area contributed by atoms with Crippen molar-refractivity contribution in [2.45, 2.75) is 59.5 Å². The lowest BCUT2D eigenvalue weighted by molar-refractivity contribution is 0.107. The van der Waals surface area contributed by atoms with Gasteiger partial charge in [-0.05, 0) is 37.5 Å². The Morgan fingerprint density at radius 2 is 2.21 bits per heavy atom. The largest absolute Gasteiger partial charge is 0.393 e. The Morgan fingerprint density at radius 3 is 2.64 bits per heavy atom. The van der Waals surface area contributed by atoms with Crippen LogP contribution in [0.2, 0.25) is 0 Å². The molecule has 0 aromatic rings. The second-order valence-electron chi connectivity index (χ2n) is 5.22. The Labute approximate surface area is 88.2 Å². The predicted octanol–water partition coefficient (Wildman–Crippen LogP) is 3.53. The van der Waals surface area contributed by atoms with Crippen molar-refractivity contribution in [3.05, 3.63) is 11.6 Å². The van der Waals surface area contributed by atoms with Crippen LogP contribution in [-0.2, 0) is 0 Å². The summed E-state index contributed by atoms with van der Waals surface area (Å²) in [7, 11) is 0. The molecule has 0 aliphatic heterocycles. The minimum Gasteiger partial charge on any atom is -0.393 e. The molecule has 0 heterocycles. The van der Waals surface area contributed by atoms with Crippen LogP contribution in [0.3, 0.4) is 0 Å². The molecule has 82 valence electrons. The lowest BCUT2D eigenvalue weighted by atomic mass is 9.75. The SMILES string of the molecule is CCC[C@H](O)CC1CC=C(C)C1(C)C. The molecule has 0 aromatic carbocycles. The van der Waals surface area contributed by atoms with Crippen molar-refractivity contribution in [2.24, 2.45) is 11.3 Å². The molecule has 0 saturated heterocycles. The summed E-state index contributed by atoms with van der Waals surface area (Å²) in [6, 6.07) is 0. The lowest BCUT2D eigenvalue weighted by Crippen LogP contribution is -2.24. The number of aliphatic hydroxyl groups is 1. The number of hydrogen-bond acceptors (Lipinski definition) is 1. The van der Waals surface area contributed by atoms with Gasteiger partial charge in [-0.15, -0.1) is 0 Å². The maximum atomic E-state index is 9.80. The lowest BCUT2D eigenvalue weighted by Gasteiger charge is -2.31. The fourth-order valence-corrected chi connectivity index (χ4v) is 2.37. The van der Waals surface area contributed by atoms with Gasteiger partial charge in [-0.3, -0.25) is 0 Å². The van der Waals surface area contributed by atoms with Crippen molar-refractivity contribution >= 4 is 0 Å². The Balaban J connectivity index is 2.48.